The molecule has 0 amide bonds. The molecule has 13 atom stereocenters. The number of nitrogens with one attached hydrogen (secondary N) is 5. The van der Waals surface area contributed by atoms with E-state index in [1.54, 1.807) is 34.6 Å². The Bertz CT molecular complexity index is 4000. The average molecular weight is 1530 g/mol. The molecular weight excluding hydrogens is 1430 g/mol. The highest BCUT2D eigenvalue weighted by atomic mass is 19.3. The third kappa shape index (κ3) is 17.1. The van der Waals surface area contributed by atoms with Crippen molar-refractivity contribution in [3.63, 3.8) is 0 Å². The van der Waals surface area contributed by atoms with Gasteiger partial charge in [-0.2, -0.15) is 0 Å². The van der Waals surface area contributed by atoms with Gasteiger partial charge in [-0.05, 0) is 32.1 Å². The van der Waals surface area contributed by atoms with Gasteiger partial charge in [0.1, 0.15) is 16.8 Å². The lowest BCUT2D eigenvalue weighted by molar-refractivity contribution is -0.154. The molecule has 10 heterocycles. The number of aldehydes is 1. The van der Waals surface area contributed by atoms with Crippen molar-refractivity contribution in [1.29, 1.82) is 0 Å². The Morgan fingerprint density at radius 3 is 0.752 bits per heavy atom. The van der Waals surface area contributed by atoms with Gasteiger partial charge in [0.2, 0.25) is 31.1 Å². The van der Waals surface area contributed by atoms with Crippen LogP contribution in [0.5, 0.6) is 0 Å². The lowest BCUT2D eigenvalue weighted by atomic mass is 9.82. The fourth-order valence-corrected chi connectivity index (χ4v) is 12.5. The van der Waals surface area contributed by atoms with E-state index in [1.807, 2.05) is 24.9 Å². The monoisotopic (exact) mass is 1520 g/mol. The summed E-state index contributed by atoms with van der Waals surface area (Å²) in [5.41, 5.74) is -15.3. The van der Waals surface area contributed by atoms with Gasteiger partial charge in [0.25, 0.3) is 57.4 Å². The van der Waals surface area contributed by atoms with Crippen LogP contribution in [0.25, 0.3) is 0 Å². The Hall–Kier alpha value is -8.21. The van der Waals surface area contributed by atoms with Gasteiger partial charge in [0, 0.05) is 61.3 Å². The van der Waals surface area contributed by atoms with Crippen LogP contribution in [0.4, 0.5) is 43.9 Å². The molecule has 8 N–H and O–H groups in total. The van der Waals surface area contributed by atoms with Gasteiger partial charge in [-0.1, -0.05) is 112 Å². The summed E-state index contributed by atoms with van der Waals surface area (Å²) in [4.78, 5) is 134. The molecule has 0 spiro atoms. The number of aromatic amines is 5. The minimum atomic E-state index is -3.51. The topological polar surface area (TPSA) is 398 Å². The van der Waals surface area contributed by atoms with Crippen molar-refractivity contribution >= 4 is 6.29 Å². The largest absolute Gasteiger partial charge is 0.393 e. The van der Waals surface area contributed by atoms with E-state index in [-0.39, 0.29) is 50.0 Å². The zero-order valence-corrected chi connectivity index (χ0v) is 55.5. The lowest BCUT2D eigenvalue weighted by Gasteiger charge is -2.30. The number of hydrogen-bond donors (Lipinski definition) is 8. The summed E-state index contributed by atoms with van der Waals surface area (Å²) in [6.07, 6.45) is -1.30. The molecule has 5 aromatic rings. The smallest absolute Gasteiger partial charge is 0.330 e. The van der Waals surface area contributed by atoms with Gasteiger partial charge in [-0.3, -0.25) is 71.7 Å². The van der Waals surface area contributed by atoms with Gasteiger partial charge in [0.05, 0.1) is 60.6 Å². The van der Waals surface area contributed by atoms with E-state index >= 15 is 0 Å². The first-order valence-electron chi connectivity index (χ1n) is 31.2. The predicted molar refractivity (Wildman–Crippen MR) is 364 cm³/mol. The second-order valence-electron chi connectivity index (χ2n) is 24.6. The SMILES string of the molecule is C.C.C.C.C.C=C[C@]1(CC)O[C@@H](n2ccc(=O)[nH]c2=O)C(F)(F)[C@@H]1C.CCC1(CC)O[C@@H](n2ccc(=O)[nH]c2=O)C(F)(F)[C@@H]1C.CC[C@@]1(C=O)O[C@@H](n2ccc(=O)[nH]c2=O)C(F)(F)[C@@H]1C.CC[C@@]1(CO)O[C@@H](n2ccc(=O)[nH]c2=O)C(F)(F)[C@@H]1C.C[C@@H]1C(CO)(CO)O[C@@H](n2ccc(=O)[nH]c2=O)C1(F)F. The first-order chi connectivity index (χ1) is 46.4. The number of aliphatic hydroxyl groups is 3. The molecule has 0 aromatic carbocycles. The van der Waals surface area contributed by atoms with Crippen LogP contribution < -0.4 is 56.2 Å². The summed E-state index contributed by atoms with van der Waals surface area (Å²) in [5.74, 6) is -23.0. The average Bonchev–Trinajstić information content (AvgIpc) is 1.63. The Labute approximate surface area is 594 Å². The number of nitrogens with zero attached hydrogens (tertiary/aromatic N) is 5. The van der Waals surface area contributed by atoms with E-state index in [2.05, 4.69) is 6.58 Å². The first kappa shape index (κ1) is 94.8. The molecule has 0 aliphatic carbocycles. The molecule has 0 radical (unpaired) electrons. The molecule has 5 aliphatic heterocycles. The molecule has 5 fully saturated rings. The molecule has 0 unspecified atom stereocenters. The fourth-order valence-electron chi connectivity index (χ4n) is 12.5. The zero-order valence-electron chi connectivity index (χ0n) is 55.5. The number of carbonyl (C=O) groups excluding carboxylic acids is 1. The first-order valence-corrected chi connectivity index (χ1v) is 31.2. The highest BCUT2D eigenvalue weighted by molar-refractivity contribution is 5.64. The Balaban J connectivity index is 0.000000649. The quantitative estimate of drug-likeness (QED) is 0.0298. The number of hydrogen-bond acceptors (Lipinski definition) is 19. The van der Waals surface area contributed by atoms with E-state index in [0.717, 1.165) is 72.8 Å². The van der Waals surface area contributed by atoms with Crippen LogP contribution in [0.1, 0.15) is 170 Å². The van der Waals surface area contributed by atoms with E-state index in [4.69, 9.17) is 23.7 Å². The molecule has 0 saturated carbocycles. The number of aliphatic hydroxyl groups excluding tert-OH is 3. The third-order valence-electron chi connectivity index (χ3n) is 19.8. The maximum atomic E-state index is 14.5. The number of ether oxygens (including phenoxy) is 5. The van der Waals surface area contributed by atoms with Crippen molar-refractivity contribution in [1.82, 2.24) is 47.8 Å². The van der Waals surface area contributed by atoms with Gasteiger partial charge in [0.15, 0.2) is 6.29 Å². The molecule has 5 aliphatic rings. The van der Waals surface area contributed by atoms with E-state index in [1.165, 1.54) is 33.8 Å². The van der Waals surface area contributed by atoms with Crippen LogP contribution in [-0.4, -0.2) is 147 Å². The van der Waals surface area contributed by atoms with Crippen molar-refractivity contribution in [2.45, 2.75) is 227 Å². The maximum absolute atomic E-state index is 14.5. The fraction of sp³-hybridized carbons (Fsp3) is 0.652. The summed E-state index contributed by atoms with van der Waals surface area (Å²) >= 11 is 0. The minimum Gasteiger partial charge on any atom is -0.393 e. The number of rotatable bonds is 15. The molecule has 596 valence electrons. The number of carbonyl (C=O) groups is 1. The van der Waals surface area contributed by atoms with Gasteiger partial charge in [-0.25, -0.2) is 67.9 Å². The summed E-state index contributed by atoms with van der Waals surface area (Å²) < 4.78 is 173. The third-order valence-corrected chi connectivity index (χ3v) is 19.8. The lowest BCUT2D eigenvalue weighted by Crippen LogP contribution is -2.45. The molecule has 10 rings (SSSR count). The number of halogens is 10. The summed E-state index contributed by atoms with van der Waals surface area (Å²) in [6, 6.07) is 4.85. The second-order valence-corrected chi connectivity index (χ2v) is 24.6. The van der Waals surface area contributed by atoms with Crippen LogP contribution in [0.15, 0.2) is 122 Å². The van der Waals surface area contributed by atoms with Gasteiger partial charge in [-0.15, -0.1) is 6.58 Å². The van der Waals surface area contributed by atoms with Gasteiger partial charge < -0.3 is 43.8 Å². The predicted octanol–water partition coefficient (Wildman–Crippen LogP) is 6.97. The van der Waals surface area contributed by atoms with Crippen molar-refractivity contribution in [2.75, 3.05) is 19.8 Å². The van der Waals surface area contributed by atoms with Crippen molar-refractivity contribution < 1.29 is 87.7 Å². The van der Waals surface area contributed by atoms with Crippen molar-refractivity contribution in [2.24, 2.45) is 29.6 Å². The summed E-state index contributed by atoms with van der Waals surface area (Å²) in [5, 5.41) is 27.9. The molecule has 105 heavy (non-hydrogen) atoms. The molecule has 5 saturated heterocycles. The Kier molecular flexibility index (Phi) is 31.6. The van der Waals surface area contributed by atoms with Crippen LogP contribution in [-0.2, 0) is 28.5 Å². The molecule has 0 bridgehead atoms. The summed E-state index contributed by atoms with van der Waals surface area (Å²) in [6.45, 7) is 16.2. The van der Waals surface area contributed by atoms with Gasteiger partial charge >= 0.3 is 28.4 Å². The highest BCUT2D eigenvalue weighted by Gasteiger charge is 2.68. The number of H-pyrrole nitrogens is 5. The Morgan fingerprint density at radius 2 is 0.571 bits per heavy atom. The van der Waals surface area contributed by atoms with Crippen LogP contribution in [0, 0.1) is 29.6 Å². The molecule has 29 nitrogen and oxygen atoms in total. The van der Waals surface area contributed by atoms with Crippen LogP contribution >= 0.6 is 0 Å². The van der Waals surface area contributed by atoms with E-state index in [9.17, 15) is 112 Å². The molecule has 5 aromatic heterocycles. The second kappa shape index (κ2) is 35.0. The normalized spacial score (nSPS) is 29.0. The van der Waals surface area contributed by atoms with Crippen molar-refractivity contribution in [3.8, 4) is 0 Å². The minimum absolute atomic E-state index is 0. The van der Waals surface area contributed by atoms with Crippen LogP contribution in [0.2, 0.25) is 0 Å². The number of alkyl halides is 10. The summed E-state index contributed by atoms with van der Waals surface area (Å²) in [7, 11) is 0. The van der Waals surface area contributed by atoms with Crippen molar-refractivity contribution in [3.05, 3.63) is 178 Å². The Morgan fingerprint density at radius 1 is 0.362 bits per heavy atom. The van der Waals surface area contributed by atoms with Crippen LogP contribution in [0.3, 0.4) is 0 Å². The maximum Gasteiger partial charge on any atom is 0.330 e. The van der Waals surface area contributed by atoms with E-state index in [0.29, 0.717) is 43.8 Å². The number of aromatic nitrogens is 10. The highest BCUT2D eigenvalue weighted by Crippen LogP contribution is 2.57. The molecule has 39 heteroatoms. The zero-order chi connectivity index (χ0) is 75.6. The molecular formula is C66H98F10N10O19. The standard InChI is InChI=1S/C13H18F2N2O3.C13H16F2N2O3.C12H16F2N2O4.C12H14F2N2O4.C11H14F2N2O5.5CH4/c2*1-4-12(5-2)8(3)13(14,15)10(20-12)17-7-6-9(18)16-11(17)19;2*1-3-11(6-17)7(2)12(13,14)9(20-11)16-5-4-8(18)15-10(16)19;1-6-10(4-16,5-17)20-8(11(6,12)13)15-3-2-7(18)14-9(15)19;;;;;/h6-8,10H,4-5H2,1-3H3,(H,16,18,19);4,6-8,10H,1,5H2,2-3H3,(H,16,18,19);4-5,7,9,17H,3,6H2,1-2H3,(H,15,18,19);4-7,9H,3H2,1-2H3,(H,15,18,19);2-3,6,8,16-17H,4-5H2,1H3,(H,14,18,19);5*1H4/t8-,10-;8-,10-,12-;2*7-,9-,11+;6-,8-;;;;;/m11111...../s1. The van der Waals surface area contributed by atoms with E-state index < -0.39 is 194 Å².